The molecule has 1 N–H and O–H groups in total. The Kier molecular flexibility index (Phi) is 5.88. The zero-order valence-electron chi connectivity index (χ0n) is 12.9. The third-order valence-corrected chi connectivity index (χ3v) is 4.67. The molecule has 0 aliphatic heterocycles. The Morgan fingerprint density at radius 2 is 2.00 bits per heavy atom. The van der Waals surface area contributed by atoms with E-state index in [0.717, 1.165) is 29.8 Å². The lowest BCUT2D eigenvalue weighted by Crippen LogP contribution is -2.24. The highest BCUT2D eigenvalue weighted by atomic mass is 32.1. The highest BCUT2D eigenvalue weighted by Gasteiger charge is 2.17. The molecule has 0 saturated carbocycles. The van der Waals surface area contributed by atoms with E-state index in [1.165, 1.54) is 17.0 Å². The average Bonchev–Trinajstić information content (AvgIpc) is 2.91. The highest BCUT2D eigenvalue weighted by molar-refractivity contribution is 7.11. The molecule has 0 fully saturated rings. The fourth-order valence-electron chi connectivity index (χ4n) is 2.39. The molecule has 0 spiro atoms. The molecule has 114 valence electrons. The van der Waals surface area contributed by atoms with Gasteiger partial charge in [0, 0.05) is 17.1 Å². The Hall–Kier alpha value is -1.26. The summed E-state index contributed by atoms with van der Waals surface area (Å²) in [7, 11) is 0. The number of benzene rings is 1. The minimum absolute atomic E-state index is 0.184. The van der Waals surface area contributed by atoms with E-state index in [-0.39, 0.29) is 17.9 Å². The summed E-state index contributed by atoms with van der Waals surface area (Å²) in [6.07, 6.45) is 5.27. The molecule has 2 atom stereocenters. The number of aryl methyl sites for hydroxylation is 1. The SMILES string of the molecule is CCCCC(NC(C)c1ncc(C)s1)c1ccc(F)cc1. The largest absolute Gasteiger partial charge is 0.301 e. The molecule has 0 amide bonds. The molecule has 0 aliphatic carbocycles. The third kappa shape index (κ3) is 4.61. The van der Waals surface area contributed by atoms with Crippen molar-refractivity contribution in [2.45, 2.75) is 52.1 Å². The predicted octanol–water partition coefficient (Wildman–Crippen LogP) is 5.17. The first-order valence-electron chi connectivity index (χ1n) is 7.54. The van der Waals surface area contributed by atoms with Gasteiger partial charge in [-0.05, 0) is 38.0 Å². The van der Waals surface area contributed by atoms with Crippen molar-refractivity contribution in [3.63, 3.8) is 0 Å². The molecule has 2 aromatic rings. The summed E-state index contributed by atoms with van der Waals surface area (Å²) >= 11 is 1.73. The maximum absolute atomic E-state index is 13.1. The average molecular weight is 306 g/mol. The Morgan fingerprint density at radius 3 is 2.57 bits per heavy atom. The van der Waals surface area contributed by atoms with E-state index in [2.05, 4.69) is 31.1 Å². The van der Waals surface area contributed by atoms with Gasteiger partial charge in [-0.1, -0.05) is 31.9 Å². The molecular formula is C17H23FN2S. The minimum atomic E-state index is -0.184. The van der Waals surface area contributed by atoms with Crippen LogP contribution in [0.1, 0.15) is 60.6 Å². The zero-order valence-corrected chi connectivity index (χ0v) is 13.7. The van der Waals surface area contributed by atoms with Crippen LogP contribution in [0.25, 0.3) is 0 Å². The van der Waals surface area contributed by atoms with Gasteiger partial charge < -0.3 is 5.32 Å². The van der Waals surface area contributed by atoms with Crippen molar-refractivity contribution < 1.29 is 4.39 Å². The summed E-state index contributed by atoms with van der Waals surface area (Å²) < 4.78 is 13.1. The van der Waals surface area contributed by atoms with Gasteiger partial charge in [0.05, 0.1) is 6.04 Å². The molecule has 1 heterocycles. The quantitative estimate of drug-likeness (QED) is 0.763. The van der Waals surface area contributed by atoms with Crippen LogP contribution in [0.5, 0.6) is 0 Å². The van der Waals surface area contributed by atoms with Crippen LogP contribution in [-0.4, -0.2) is 4.98 Å². The number of hydrogen-bond acceptors (Lipinski definition) is 3. The molecule has 2 rings (SSSR count). The Labute approximate surface area is 130 Å². The monoisotopic (exact) mass is 306 g/mol. The van der Waals surface area contributed by atoms with Crippen molar-refractivity contribution in [1.29, 1.82) is 0 Å². The lowest BCUT2D eigenvalue weighted by molar-refractivity contribution is 0.430. The summed E-state index contributed by atoms with van der Waals surface area (Å²) in [6, 6.07) is 7.27. The molecule has 0 saturated heterocycles. The normalized spacial score (nSPS) is 14.1. The third-order valence-electron chi connectivity index (χ3n) is 3.58. The van der Waals surface area contributed by atoms with Crippen LogP contribution in [0.2, 0.25) is 0 Å². The Morgan fingerprint density at radius 1 is 1.29 bits per heavy atom. The lowest BCUT2D eigenvalue weighted by Gasteiger charge is -2.23. The standard InChI is InChI=1S/C17H23FN2S/c1-4-5-6-16(14-7-9-15(18)10-8-14)20-13(3)17-19-11-12(2)21-17/h7-11,13,16,20H,4-6H2,1-3H3. The van der Waals surface area contributed by atoms with E-state index in [0.29, 0.717) is 0 Å². The van der Waals surface area contributed by atoms with Gasteiger partial charge in [0.15, 0.2) is 0 Å². The first kappa shape index (κ1) is 16.1. The molecule has 21 heavy (non-hydrogen) atoms. The number of nitrogens with zero attached hydrogens (tertiary/aromatic N) is 1. The molecule has 1 aromatic heterocycles. The van der Waals surface area contributed by atoms with E-state index in [1.807, 2.05) is 18.3 Å². The summed E-state index contributed by atoms with van der Waals surface area (Å²) in [5.41, 5.74) is 1.14. The maximum Gasteiger partial charge on any atom is 0.123 e. The van der Waals surface area contributed by atoms with E-state index in [4.69, 9.17) is 0 Å². The van der Waals surface area contributed by atoms with Crippen molar-refractivity contribution in [3.05, 3.63) is 51.7 Å². The van der Waals surface area contributed by atoms with Crippen LogP contribution in [0.3, 0.4) is 0 Å². The van der Waals surface area contributed by atoms with Crippen molar-refractivity contribution in [1.82, 2.24) is 10.3 Å². The number of aromatic nitrogens is 1. The number of nitrogens with one attached hydrogen (secondary N) is 1. The van der Waals surface area contributed by atoms with Crippen LogP contribution < -0.4 is 5.32 Å². The Balaban J connectivity index is 2.10. The summed E-state index contributed by atoms with van der Waals surface area (Å²) in [4.78, 5) is 5.68. The van der Waals surface area contributed by atoms with Gasteiger partial charge >= 0.3 is 0 Å². The molecule has 0 bridgehead atoms. The van der Waals surface area contributed by atoms with E-state index < -0.39 is 0 Å². The minimum Gasteiger partial charge on any atom is -0.301 e. The second kappa shape index (κ2) is 7.66. The number of thiazole rings is 1. The van der Waals surface area contributed by atoms with Crippen LogP contribution in [0.15, 0.2) is 30.5 Å². The molecule has 0 aliphatic rings. The smallest absolute Gasteiger partial charge is 0.123 e. The van der Waals surface area contributed by atoms with Crippen LogP contribution in [0, 0.1) is 12.7 Å². The van der Waals surface area contributed by atoms with Gasteiger partial charge in [0.2, 0.25) is 0 Å². The fourth-order valence-corrected chi connectivity index (χ4v) is 3.18. The van der Waals surface area contributed by atoms with Crippen LogP contribution in [0.4, 0.5) is 4.39 Å². The molecule has 0 radical (unpaired) electrons. The van der Waals surface area contributed by atoms with E-state index >= 15 is 0 Å². The maximum atomic E-state index is 13.1. The molecular weight excluding hydrogens is 283 g/mol. The van der Waals surface area contributed by atoms with Crippen molar-refractivity contribution in [3.8, 4) is 0 Å². The lowest BCUT2D eigenvalue weighted by atomic mass is 10.0. The molecule has 1 aromatic carbocycles. The number of halogens is 1. The van der Waals surface area contributed by atoms with Gasteiger partial charge in [-0.3, -0.25) is 0 Å². The Bertz CT molecular complexity index is 550. The van der Waals surface area contributed by atoms with Gasteiger partial charge in [0.25, 0.3) is 0 Å². The topological polar surface area (TPSA) is 24.9 Å². The van der Waals surface area contributed by atoms with Crippen LogP contribution >= 0.6 is 11.3 Å². The summed E-state index contributed by atoms with van der Waals surface area (Å²) in [5.74, 6) is -0.184. The number of rotatable bonds is 7. The first-order valence-corrected chi connectivity index (χ1v) is 8.35. The molecule has 4 heteroatoms. The predicted molar refractivity (Wildman–Crippen MR) is 87.1 cm³/mol. The van der Waals surface area contributed by atoms with Crippen molar-refractivity contribution in [2.75, 3.05) is 0 Å². The van der Waals surface area contributed by atoms with Crippen molar-refractivity contribution in [2.24, 2.45) is 0 Å². The summed E-state index contributed by atoms with van der Waals surface area (Å²) in [5, 5.41) is 4.75. The first-order chi connectivity index (χ1) is 10.1. The van der Waals surface area contributed by atoms with Crippen molar-refractivity contribution >= 4 is 11.3 Å². The zero-order chi connectivity index (χ0) is 15.2. The van der Waals surface area contributed by atoms with Gasteiger partial charge in [-0.2, -0.15) is 0 Å². The molecule has 2 nitrogen and oxygen atoms in total. The second-order valence-corrected chi connectivity index (χ2v) is 6.71. The summed E-state index contributed by atoms with van der Waals surface area (Å²) in [6.45, 7) is 6.40. The van der Waals surface area contributed by atoms with Gasteiger partial charge in [0.1, 0.15) is 10.8 Å². The number of unbranched alkanes of at least 4 members (excludes halogenated alkanes) is 1. The highest BCUT2D eigenvalue weighted by Crippen LogP contribution is 2.26. The van der Waals surface area contributed by atoms with E-state index in [1.54, 1.807) is 11.3 Å². The second-order valence-electron chi connectivity index (χ2n) is 5.44. The van der Waals surface area contributed by atoms with Gasteiger partial charge in [-0.15, -0.1) is 11.3 Å². The molecule has 2 unspecified atom stereocenters. The van der Waals surface area contributed by atoms with E-state index in [9.17, 15) is 4.39 Å². The van der Waals surface area contributed by atoms with Crippen LogP contribution in [-0.2, 0) is 0 Å². The van der Waals surface area contributed by atoms with Gasteiger partial charge in [-0.25, -0.2) is 9.37 Å². The fraction of sp³-hybridized carbons (Fsp3) is 0.471. The number of hydrogen-bond donors (Lipinski definition) is 1.